The minimum absolute atomic E-state index is 0.114. The average molecular weight is 359 g/mol. The van der Waals surface area contributed by atoms with Crippen LogP contribution in [-0.4, -0.2) is 30.2 Å². The molecule has 1 aromatic carbocycles. The molecule has 0 amide bonds. The molecule has 1 aliphatic rings. The number of ether oxygens (including phenoxy) is 2. The fourth-order valence-corrected chi connectivity index (χ4v) is 3.13. The number of carbonyl (C=O) groups excluding carboxylic acids is 2. The van der Waals surface area contributed by atoms with Gasteiger partial charge < -0.3 is 14.6 Å². The van der Waals surface area contributed by atoms with E-state index in [0.717, 1.165) is 11.1 Å². The summed E-state index contributed by atoms with van der Waals surface area (Å²) in [5, 5.41) is 9.03. The van der Waals surface area contributed by atoms with Crippen LogP contribution in [0.5, 0.6) is 5.75 Å². The molecule has 0 spiro atoms. The van der Waals surface area contributed by atoms with E-state index in [1.54, 1.807) is 6.92 Å². The van der Waals surface area contributed by atoms with Crippen molar-refractivity contribution in [2.45, 2.75) is 40.2 Å². The van der Waals surface area contributed by atoms with Gasteiger partial charge in [-0.25, -0.2) is 9.59 Å². The number of rotatable bonds is 7. The molecule has 0 unspecified atom stereocenters. The summed E-state index contributed by atoms with van der Waals surface area (Å²) in [4.78, 5) is 37.7. The Balaban J connectivity index is 2.52. The summed E-state index contributed by atoms with van der Waals surface area (Å²) in [5.41, 5.74) is 3.35. The molecule has 1 N–H and O–H groups in total. The number of hydrogen-bond acceptors (Lipinski definition) is 6. The van der Waals surface area contributed by atoms with E-state index in [4.69, 9.17) is 14.6 Å². The van der Waals surface area contributed by atoms with Crippen molar-refractivity contribution in [3.63, 3.8) is 0 Å². The quantitative estimate of drug-likeness (QED) is 0.347. The molecule has 1 heterocycles. The van der Waals surface area contributed by atoms with Gasteiger partial charge in [0.2, 0.25) is 6.08 Å². The number of carbonyl (C=O) groups is 2. The summed E-state index contributed by atoms with van der Waals surface area (Å²) in [6.07, 6.45) is 4.08. The summed E-state index contributed by atoms with van der Waals surface area (Å²) in [7, 11) is 1.51. The number of aliphatic carboxylic acids is 1. The number of esters is 1. The van der Waals surface area contributed by atoms with Gasteiger partial charge in [0.15, 0.2) is 0 Å². The van der Waals surface area contributed by atoms with Gasteiger partial charge in [0, 0.05) is 11.1 Å². The molecule has 0 radical (unpaired) electrons. The van der Waals surface area contributed by atoms with E-state index in [2.05, 4.69) is 4.99 Å². The van der Waals surface area contributed by atoms with Gasteiger partial charge in [0.05, 0.1) is 24.3 Å². The van der Waals surface area contributed by atoms with Gasteiger partial charge in [0.1, 0.15) is 12.4 Å². The molecule has 0 fully saturated rings. The Labute approximate surface area is 151 Å². The first kappa shape index (κ1) is 19.4. The number of benzene rings is 1. The monoisotopic (exact) mass is 359 g/mol. The molecule has 138 valence electrons. The average Bonchev–Trinajstić information content (AvgIpc) is 2.97. The van der Waals surface area contributed by atoms with E-state index in [1.165, 1.54) is 13.2 Å². The van der Waals surface area contributed by atoms with Gasteiger partial charge >= 0.3 is 11.9 Å². The lowest BCUT2D eigenvalue weighted by Gasteiger charge is -2.16. The van der Waals surface area contributed by atoms with E-state index in [1.807, 2.05) is 19.9 Å². The second-order valence-corrected chi connectivity index (χ2v) is 6.32. The molecule has 1 aliphatic heterocycles. The number of carboxylic acid groups (broad SMARTS) is 1. The maximum atomic E-state index is 12.1. The Bertz CT molecular complexity index is 833. The Morgan fingerprint density at radius 3 is 2.77 bits per heavy atom. The fourth-order valence-electron chi connectivity index (χ4n) is 3.13. The molecular weight excluding hydrogens is 338 g/mol. The summed E-state index contributed by atoms with van der Waals surface area (Å²) in [6.45, 7) is 5.41. The first-order chi connectivity index (χ1) is 12.3. The summed E-state index contributed by atoms with van der Waals surface area (Å²) < 4.78 is 10.6. The highest BCUT2D eigenvalue weighted by Gasteiger charge is 2.32. The number of methoxy groups -OCH3 is 1. The SMILES string of the molecule is COc1c(C)c2c(c(N=C=O)c1C/C=C(\C)C[C@H](C)C(=O)O)C(=O)OC2. The Hall–Kier alpha value is -2.92. The van der Waals surface area contributed by atoms with Crippen LogP contribution in [-0.2, 0) is 27.4 Å². The van der Waals surface area contributed by atoms with Crippen molar-refractivity contribution < 1.29 is 29.0 Å². The van der Waals surface area contributed by atoms with E-state index >= 15 is 0 Å². The third kappa shape index (κ3) is 3.68. The standard InChI is InChI=1S/C19H21NO6/c1-10(7-11(2)18(22)23)5-6-13-16(20-9-21)15-14(8-26-19(15)24)12(3)17(13)25-4/h5,11H,6-8H2,1-4H3,(H,22,23)/b10-5+/t11-/m0/s1. The van der Waals surface area contributed by atoms with Gasteiger partial charge in [-0.3, -0.25) is 4.79 Å². The van der Waals surface area contributed by atoms with Gasteiger partial charge in [-0.15, -0.1) is 0 Å². The highest BCUT2D eigenvalue weighted by atomic mass is 16.5. The fraction of sp³-hybridized carbons (Fsp3) is 0.421. The van der Waals surface area contributed by atoms with Crippen molar-refractivity contribution in [2.75, 3.05) is 7.11 Å². The molecule has 1 aromatic rings. The first-order valence-electron chi connectivity index (χ1n) is 8.17. The maximum absolute atomic E-state index is 12.1. The van der Waals surface area contributed by atoms with Crippen LogP contribution in [0.15, 0.2) is 16.6 Å². The highest BCUT2D eigenvalue weighted by molar-refractivity contribution is 6.01. The Morgan fingerprint density at radius 1 is 1.50 bits per heavy atom. The largest absolute Gasteiger partial charge is 0.496 e. The molecule has 0 aromatic heterocycles. The van der Waals surface area contributed by atoms with Crippen LogP contribution in [0.25, 0.3) is 0 Å². The number of fused-ring (bicyclic) bond motifs is 1. The zero-order valence-electron chi connectivity index (χ0n) is 15.2. The molecule has 0 aliphatic carbocycles. The lowest BCUT2D eigenvalue weighted by atomic mass is 9.93. The molecule has 7 heteroatoms. The number of hydrogen-bond donors (Lipinski definition) is 1. The molecule has 1 atom stereocenters. The van der Waals surface area contributed by atoms with Gasteiger partial charge in [-0.1, -0.05) is 18.6 Å². The van der Waals surface area contributed by atoms with Gasteiger partial charge in [-0.2, -0.15) is 4.99 Å². The predicted octanol–water partition coefficient (Wildman–Crippen LogP) is 3.24. The Kier molecular flexibility index (Phi) is 5.95. The molecular formula is C19H21NO6. The molecule has 0 saturated carbocycles. The van der Waals surface area contributed by atoms with Crippen LogP contribution < -0.4 is 4.74 Å². The minimum atomic E-state index is -0.863. The maximum Gasteiger partial charge on any atom is 0.341 e. The van der Waals surface area contributed by atoms with Crippen molar-refractivity contribution in [2.24, 2.45) is 10.9 Å². The number of allylic oxidation sites excluding steroid dienone is 2. The van der Waals surface area contributed by atoms with Crippen LogP contribution in [0.1, 0.15) is 47.3 Å². The summed E-state index contributed by atoms with van der Waals surface area (Å²) in [6, 6.07) is 0. The number of isocyanates is 1. The normalized spacial score (nSPS) is 14.3. The molecule has 26 heavy (non-hydrogen) atoms. The minimum Gasteiger partial charge on any atom is -0.496 e. The highest BCUT2D eigenvalue weighted by Crippen LogP contribution is 2.42. The van der Waals surface area contributed by atoms with Crippen molar-refractivity contribution in [3.8, 4) is 5.75 Å². The lowest BCUT2D eigenvalue weighted by Crippen LogP contribution is -2.09. The van der Waals surface area contributed by atoms with E-state index in [-0.39, 0.29) is 17.9 Å². The third-order valence-electron chi connectivity index (χ3n) is 4.51. The lowest BCUT2D eigenvalue weighted by molar-refractivity contribution is -0.141. The van der Waals surface area contributed by atoms with Crippen LogP contribution in [0, 0.1) is 12.8 Å². The smallest absolute Gasteiger partial charge is 0.341 e. The first-order valence-corrected chi connectivity index (χ1v) is 8.17. The summed E-state index contributed by atoms with van der Waals surface area (Å²) in [5.74, 6) is -1.36. The van der Waals surface area contributed by atoms with E-state index in [0.29, 0.717) is 29.7 Å². The predicted molar refractivity (Wildman–Crippen MR) is 93.5 cm³/mol. The molecule has 2 rings (SSSR count). The topological polar surface area (TPSA) is 102 Å². The van der Waals surface area contributed by atoms with Crippen molar-refractivity contribution in [1.82, 2.24) is 0 Å². The van der Waals surface area contributed by atoms with Crippen LogP contribution >= 0.6 is 0 Å². The van der Waals surface area contributed by atoms with E-state index in [9.17, 15) is 14.4 Å². The second-order valence-electron chi connectivity index (χ2n) is 6.32. The number of cyclic esters (lactones) is 1. The number of carboxylic acids is 1. The zero-order valence-corrected chi connectivity index (χ0v) is 15.2. The van der Waals surface area contributed by atoms with Gasteiger partial charge in [-0.05, 0) is 32.3 Å². The number of nitrogens with zero attached hydrogens (tertiary/aromatic N) is 1. The molecule has 0 bridgehead atoms. The van der Waals surface area contributed by atoms with Crippen LogP contribution in [0.4, 0.5) is 5.69 Å². The second kappa shape index (κ2) is 7.97. The van der Waals surface area contributed by atoms with E-state index < -0.39 is 17.9 Å². The molecule has 7 nitrogen and oxygen atoms in total. The van der Waals surface area contributed by atoms with Crippen LogP contribution in [0.3, 0.4) is 0 Å². The molecule has 0 saturated heterocycles. The van der Waals surface area contributed by atoms with Crippen molar-refractivity contribution in [1.29, 1.82) is 0 Å². The van der Waals surface area contributed by atoms with Gasteiger partial charge in [0.25, 0.3) is 0 Å². The third-order valence-corrected chi connectivity index (χ3v) is 4.51. The number of aliphatic imine (C=N–C) groups is 1. The zero-order chi connectivity index (χ0) is 19.4. The van der Waals surface area contributed by atoms with Crippen molar-refractivity contribution in [3.05, 3.63) is 33.9 Å². The van der Waals surface area contributed by atoms with Crippen LogP contribution in [0.2, 0.25) is 0 Å². The Morgan fingerprint density at radius 2 is 2.19 bits per heavy atom. The summed E-state index contributed by atoms with van der Waals surface area (Å²) >= 11 is 0. The van der Waals surface area contributed by atoms with Crippen molar-refractivity contribution >= 4 is 23.7 Å².